The standard InChI is InChI=1S/C14H18O8/c1-6(16)7-2-3-9(8(17)4-7)21-14-13(20)12(19)11(18)10(5-15)22-14/h2-4,10-15,17-20H,5H2,1H3. The Balaban J connectivity index is 2.17. The first kappa shape index (κ1) is 16.7. The molecule has 22 heavy (non-hydrogen) atoms. The Hall–Kier alpha value is -1.71. The number of carbonyl (C=O) groups excluding carboxylic acids is 1. The Labute approximate surface area is 126 Å². The first-order valence-electron chi connectivity index (χ1n) is 6.66. The molecule has 0 aliphatic carbocycles. The van der Waals surface area contributed by atoms with Crippen molar-refractivity contribution in [3.05, 3.63) is 23.8 Å². The molecule has 5 N–H and O–H groups in total. The summed E-state index contributed by atoms with van der Waals surface area (Å²) in [6.45, 7) is 0.757. The summed E-state index contributed by atoms with van der Waals surface area (Å²) in [4.78, 5) is 11.2. The average molecular weight is 314 g/mol. The van der Waals surface area contributed by atoms with Crippen LogP contribution < -0.4 is 4.74 Å². The van der Waals surface area contributed by atoms with Gasteiger partial charge in [0.1, 0.15) is 24.4 Å². The minimum Gasteiger partial charge on any atom is -0.504 e. The highest BCUT2D eigenvalue weighted by Crippen LogP contribution is 2.31. The summed E-state index contributed by atoms with van der Waals surface area (Å²) in [5.41, 5.74) is 0.277. The normalized spacial score (nSPS) is 31.8. The number of ketones is 1. The number of aliphatic hydroxyl groups is 4. The molecule has 0 aromatic heterocycles. The van der Waals surface area contributed by atoms with Crippen molar-refractivity contribution in [1.29, 1.82) is 0 Å². The third-order valence-electron chi connectivity index (χ3n) is 3.46. The monoisotopic (exact) mass is 314 g/mol. The van der Waals surface area contributed by atoms with Crippen molar-refractivity contribution >= 4 is 5.78 Å². The van der Waals surface area contributed by atoms with Crippen LogP contribution >= 0.6 is 0 Å². The smallest absolute Gasteiger partial charge is 0.229 e. The van der Waals surface area contributed by atoms with Crippen molar-refractivity contribution in [3.8, 4) is 11.5 Å². The Morgan fingerprint density at radius 3 is 2.45 bits per heavy atom. The maximum atomic E-state index is 11.2. The number of hydrogen-bond donors (Lipinski definition) is 5. The van der Waals surface area contributed by atoms with Gasteiger partial charge in [0.25, 0.3) is 0 Å². The van der Waals surface area contributed by atoms with Gasteiger partial charge in [-0.2, -0.15) is 0 Å². The lowest BCUT2D eigenvalue weighted by Gasteiger charge is -2.39. The van der Waals surface area contributed by atoms with E-state index in [4.69, 9.17) is 14.6 Å². The third kappa shape index (κ3) is 3.21. The molecule has 1 aromatic carbocycles. The number of phenolic OH excluding ortho intramolecular Hbond substituents is 1. The highest BCUT2D eigenvalue weighted by atomic mass is 16.7. The summed E-state index contributed by atoms with van der Waals surface area (Å²) in [5, 5.41) is 48.1. The molecule has 0 saturated carbocycles. The van der Waals surface area contributed by atoms with E-state index < -0.39 is 37.3 Å². The number of benzene rings is 1. The van der Waals surface area contributed by atoms with E-state index >= 15 is 0 Å². The van der Waals surface area contributed by atoms with Crippen molar-refractivity contribution < 1.29 is 39.8 Å². The van der Waals surface area contributed by atoms with E-state index in [2.05, 4.69) is 0 Å². The van der Waals surface area contributed by atoms with Gasteiger partial charge in [-0.3, -0.25) is 4.79 Å². The lowest BCUT2D eigenvalue weighted by atomic mass is 9.99. The number of Topliss-reactive ketones (excluding diaryl/α,β-unsaturated/α-hetero) is 1. The Morgan fingerprint density at radius 1 is 1.23 bits per heavy atom. The average Bonchev–Trinajstić information content (AvgIpc) is 2.49. The second-order valence-corrected chi connectivity index (χ2v) is 5.05. The van der Waals surface area contributed by atoms with E-state index in [0.717, 1.165) is 0 Å². The lowest BCUT2D eigenvalue weighted by Crippen LogP contribution is -2.60. The molecule has 0 amide bonds. The van der Waals surface area contributed by atoms with Crippen molar-refractivity contribution in [1.82, 2.24) is 0 Å². The van der Waals surface area contributed by atoms with Crippen LogP contribution in [0.1, 0.15) is 17.3 Å². The molecule has 0 radical (unpaired) electrons. The number of ether oxygens (including phenoxy) is 2. The molecule has 1 aromatic rings. The Bertz CT molecular complexity index is 544. The molecular weight excluding hydrogens is 296 g/mol. The minimum atomic E-state index is -1.58. The van der Waals surface area contributed by atoms with E-state index in [0.29, 0.717) is 0 Å². The van der Waals surface area contributed by atoms with Crippen LogP contribution in [0.4, 0.5) is 0 Å². The summed E-state index contributed by atoms with van der Waals surface area (Å²) in [7, 11) is 0. The molecule has 1 aliphatic rings. The fourth-order valence-corrected chi connectivity index (χ4v) is 2.13. The fraction of sp³-hybridized carbons (Fsp3) is 0.500. The molecule has 1 heterocycles. The van der Waals surface area contributed by atoms with Gasteiger partial charge in [0.15, 0.2) is 17.3 Å². The molecule has 1 fully saturated rings. The predicted molar refractivity (Wildman–Crippen MR) is 72.5 cm³/mol. The number of carbonyl (C=O) groups is 1. The largest absolute Gasteiger partial charge is 0.504 e. The second-order valence-electron chi connectivity index (χ2n) is 5.05. The third-order valence-corrected chi connectivity index (χ3v) is 3.46. The van der Waals surface area contributed by atoms with Crippen LogP contribution in [0.25, 0.3) is 0 Å². The summed E-state index contributed by atoms with van der Waals surface area (Å²) in [6, 6.07) is 3.93. The molecule has 1 aliphatic heterocycles. The molecular formula is C14H18O8. The Kier molecular flexibility index (Phi) is 4.99. The van der Waals surface area contributed by atoms with Crippen molar-refractivity contribution in [3.63, 3.8) is 0 Å². The Morgan fingerprint density at radius 2 is 1.91 bits per heavy atom. The molecule has 122 valence electrons. The van der Waals surface area contributed by atoms with Crippen molar-refractivity contribution in [2.45, 2.75) is 37.6 Å². The van der Waals surface area contributed by atoms with Gasteiger partial charge in [-0.25, -0.2) is 0 Å². The van der Waals surface area contributed by atoms with Crippen LogP contribution in [-0.2, 0) is 4.74 Å². The number of rotatable bonds is 4. The van der Waals surface area contributed by atoms with E-state index in [9.17, 15) is 25.2 Å². The summed E-state index contributed by atoms with van der Waals surface area (Å²) in [6.07, 6.45) is -7.15. The zero-order valence-electron chi connectivity index (χ0n) is 11.8. The maximum absolute atomic E-state index is 11.2. The van der Waals surface area contributed by atoms with Gasteiger partial charge < -0.3 is 35.0 Å². The van der Waals surface area contributed by atoms with E-state index in [1.807, 2.05) is 0 Å². The summed E-state index contributed by atoms with van der Waals surface area (Å²) < 4.78 is 10.4. The van der Waals surface area contributed by atoms with E-state index in [1.54, 1.807) is 0 Å². The minimum absolute atomic E-state index is 0.0747. The highest BCUT2D eigenvalue weighted by molar-refractivity contribution is 5.94. The van der Waals surface area contributed by atoms with Gasteiger partial charge >= 0.3 is 0 Å². The molecule has 8 heteroatoms. The van der Waals surface area contributed by atoms with Crippen LogP contribution in [-0.4, -0.2) is 68.6 Å². The first-order valence-corrected chi connectivity index (χ1v) is 6.66. The molecule has 2 rings (SSSR count). The zero-order chi connectivity index (χ0) is 16.4. The summed E-state index contributed by atoms with van der Waals surface area (Å²) in [5.74, 6) is -0.659. The highest BCUT2D eigenvalue weighted by Gasteiger charge is 2.44. The van der Waals surface area contributed by atoms with Crippen LogP contribution in [0.15, 0.2) is 18.2 Å². The molecule has 1 saturated heterocycles. The predicted octanol–water partition coefficient (Wildman–Crippen LogP) is -1.23. The SMILES string of the molecule is CC(=O)c1ccc(OC2OC(CO)C(O)C(O)C2O)c(O)c1. The number of aliphatic hydroxyl groups excluding tert-OH is 4. The maximum Gasteiger partial charge on any atom is 0.229 e. The number of aromatic hydroxyl groups is 1. The zero-order valence-corrected chi connectivity index (χ0v) is 11.8. The van der Waals surface area contributed by atoms with Gasteiger partial charge in [0.05, 0.1) is 6.61 Å². The molecule has 5 unspecified atom stereocenters. The van der Waals surface area contributed by atoms with Gasteiger partial charge in [-0.15, -0.1) is 0 Å². The molecule has 0 spiro atoms. The second kappa shape index (κ2) is 6.59. The van der Waals surface area contributed by atoms with Crippen LogP contribution in [0.5, 0.6) is 11.5 Å². The first-order chi connectivity index (χ1) is 10.3. The van der Waals surface area contributed by atoms with Crippen LogP contribution in [0, 0.1) is 0 Å². The van der Waals surface area contributed by atoms with Gasteiger partial charge in [0.2, 0.25) is 6.29 Å². The van der Waals surface area contributed by atoms with Crippen LogP contribution in [0.2, 0.25) is 0 Å². The van der Waals surface area contributed by atoms with Crippen molar-refractivity contribution in [2.24, 2.45) is 0 Å². The quantitative estimate of drug-likeness (QED) is 0.436. The van der Waals surface area contributed by atoms with Gasteiger partial charge in [-0.05, 0) is 25.1 Å². The topological polar surface area (TPSA) is 137 Å². The van der Waals surface area contributed by atoms with E-state index in [1.165, 1.54) is 25.1 Å². The lowest BCUT2D eigenvalue weighted by molar-refractivity contribution is -0.277. The van der Waals surface area contributed by atoms with Gasteiger partial charge in [-0.1, -0.05) is 0 Å². The summed E-state index contributed by atoms with van der Waals surface area (Å²) >= 11 is 0. The molecule has 8 nitrogen and oxygen atoms in total. The number of hydrogen-bond acceptors (Lipinski definition) is 8. The molecule has 5 atom stereocenters. The molecule has 0 bridgehead atoms. The van der Waals surface area contributed by atoms with E-state index in [-0.39, 0.29) is 22.8 Å². The number of phenols is 1. The van der Waals surface area contributed by atoms with Gasteiger partial charge in [0, 0.05) is 5.56 Å². The van der Waals surface area contributed by atoms with Crippen LogP contribution in [0.3, 0.4) is 0 Å². The van der Waals surface area contributed by atoms with Crippen molar-refractivity contribution in [2.75, 3.05) is 6.61 Å². The fourth-order valence-electron chi connectivity index (χ4n) is 2.13.